The van der Waals surface area contributed by atoms with E-state index < -0.39 is 5.97 Å². The maximum Gasteiger partial charge on any atom is 0.358 e. The van der Waals surface area contributed by atoms with Crippen LogP contribution in [0.1, 0.15) is 43.6 Å². The highest BCUT2D eigenvalue weighted by Gasteiger charge is 2.24. The first kappa shape index (κ1) is 13.8. The number of esters is 1. The predicted molar refractivity (Wildman–Crippen MR) is 73.0 cm³/mol. The molecule has 3 atom stereocenters. The van der Waals surface area contributed by atoms with Gasteiger partial charge in [-0.25, -0.2) is 14.8 Å². The number of rotatable bonds is 3. The van der Waals surface area contributed by atoms with Crippen LogP contribution in [0, 0.1) is 11.8 Å². The standard InChI is InChI=1S/C14H21N3O2/c1-9-4-5-11(6-10(9)2)17-13-8-15-12(7-16-13)14(18)19-3/h7-11H,4-6H2,1-3H3,(H,16,17). The van der Waals surface area contributed by atoms with Crippen molar-refractivity contribution in [3.05, 3.63) is 18.1 Å². The van der Waals surface area contributed by atoms with Crippen LogP contribution in [-0.2, 0) is 4.74 Å². The Labute approximate surface area is 113 Å². The summed E-state index contributed by atoms with van der Waals surface area (Å²) >= 11 is 0. The Morgan fingerprint density at radius 3 is 2.63 bits per heavy atom. The van der Waals surface area contributed by atoms with Crippen molar-refractivity contribution in [3.8, 4) is 0 Å². The van der Waals surface area contributed by atoms with E-state index in [0.717, 1.165) is 30.5 Å². The lowest BCUT2D eigenvalue weighted by molar-refractivity contribution is 0.0593. The summed E-state index contributed by atoms with van der Waals surface area (Å²) in [5.41, 5.74) is 0.235. The highest BCUT2D eigenvalue weighted by Crippen LogP contribution is 2.30. The van der Waals surface area contributed by atoms with Crippen LogP contribution in [0.5, 0.6) is 0 Å². The zero-order chi connectivity index (χ0) is 13.8. The number of carbonyl (C=O) groups excluding carboxylic acids is 1. The van der Waals surface area contributed by atoms with Crippen LogP contribution in [0.3, 0.4) is 0 Å². The lowest BCUT2D eigenvalue weighted by Gasteiger charge is -2.32. The number of methoxy groups -OCH3 is 1. The van der Waals surface area contributed by atoms with Gasteiger partial charge in [0.2, 0.25) is 0 Å². The van der Waals surface area contributed by atoms with Crippen LogP contribution in [0.2, 0.25) is 0 Å². The summed E-state index contributed by atoms with van der Waals surface area (Å²) < 4.78 is 4.59. The van der Waals surface area contributed by atoms with Crippen molar-refractivity contribution in [2.45, 2.75) is 39.2 Å². The van der Waals surface area contributed by atoms with Gasteiger partial charge in [0, 0.05) is 6.04 Å². The molecule has 1 aromatic rings. The average Bonchev–Trinajstić information content (AvgIpc) is 2.43. The Balaban J connectivity index is 1.94. The minimum atomic E-state index is -0.459. The van der Waals surface area contributed by atoms with Gasteiger partial charge < -0.3 is 10.1 Å². The van der Waals surface area contributed by atoms with Crippen LogP contribution >= 0.6 is 0 Å². The first-order chi connectivity index (χ1) is 9.10. The number of carbonyl (C=O) groups is 1. The lowest BCUT2D eigenvalue weighted by Crippen LogP contribution is -2.30. The molecule has 5 nitrogen and oxygen atoms in total. The molecule has 1 aliphatic carbocycles. The van der Waals surface area contributed by atoms with Gasteiger partial charge in [-0.15, -0.1) is 0 Å². The minimum absolute atomic E-state index is 0.235. The SMILES string of the molecule is COC(=O)c1cnc(NC2CCC(C)C(C)C2)cn1. The second-order valence-electron chi connectivity index (χ2n) is 5.39. The van der Waals surface area contributed by atoms with Gasteiger partial charge in [-0.2, -0.15) is 0 Å². The third kappa shape index (κ3) is 3.43. The smallest absolute Gasteiger partial charge is 0.358 e. The summed E-state index contributed by atoms with van der Waals surface area (Å²) in [6.07, 6.45) is 6.60. The quantitative estimate of drug-likeness (QED) is 0.849. The van der Waals surface area contributed by atoms with Gasteiger partial charge in [0.15, 0.2) is 5.69 Å². The number of aromatic nitrogens is 2. The average molecular weight is 263 g/mol. The van der Waals surface area contributed by atoms with E-state index in [-0.39, 0.29) is 5.69 Å². The zero-order valence-electron chi connectivity index (χ0n) is 11.7. The number of anilines is 1. The molecule has 0 spiro atoms. The third-order valence-corrected chi connectivity index (χ3v) is 4.00. The number of hydrogen-bond donors (Lipinski definition) is 1. The largest absolute Gasteiger partial charge is 0.464 e. The van der Waals surface area contributed by atoms with Crippen molar-refractivity contribution in [3.63, 3.8) is 0 Å². The molecule has 1 aliphatic rings. The van der Waals surface area contributed by atoms with E-state index in [1.165, 1.54) is 19.7 Å². The Hall–Kier alpha value is -1.65. The monoisotopic (exact) mass is 263 g/mol. The molecule has 104 valence electrons. The molecule has 0 aliphatic heterocycles. The second-order valence-corrected chi connectivity index (χ2v) is 5.39. The van der Waals surface area contributed by atoms with E-state index in [9.17, 15) is 4.79 Å². The van der Waals surface area contributed by atoms with E-state index in [0.29, 0.717) is 6.04 Å². The predicted octanol–water partition coefficient (Wildman–Crippen LogP) is 2.50. The van der Waals surface area contributed by atoms with Gasteiger partial charge in [-0.3, -0.25) is 0 Å². The third-order valence-electron chi connectivity index (χ3n) is 4.00. The topological polar surface area (TPSA) is 64.1 Å². The summed E-state index contributed by atoms with van der Waals surface area (Å²) in [5.74, 6) is 1.79. The molecular formula is C14H21N3O2. The first-order valence-electron chi connectivity index (χ1n) is 6.77. The highest BCUT2D eigenvalue weighted by atomic mass is 16.5. The molecule has 0 saturated heterocycles. The Kier molecular flexibility index (Phi) is 4.35. The van der Waals surface area contributed by atoms with E-state index >= 15 is 0 Å². The lowest BCUT2D eigenvalue weighted by atomic mass is 9.79. The van der Waals surface area contributed by atoms with Crippen molar-refractivity contribution in [2.75, 3.05) is 12.4 Å². The van der Waals surface area contributed by atoms with Gasteiger partial charge in [0.25, 0.3) is 0 Å². The Bertz CT molecular complexity index is 433. The van der Waals surface area contributed by atoms with Crippen molar-refractivity contribution in [1.29, 1.82) is 0 Å². The van der Waals surface area contributed by atoms with E-state index in [2.05, 4.69) is 33.9 Å². The molecule has 2 rings (SSSR count). The fourth-order valence-electron chi connectivity index (χ4n) is 2.50. The fraction of sp³-hybridized carbons (Fsp3) is 0.643. The summed E-state index contributed by atoms with van der Waals surface area (Å²) in [7, 11) is 1.33. The number of hydrogen-bond acceptors (Lipinski definition) is 5. The molecule has 5 heteroatoms. The summed E-state index contributed by atoms with van der Waals surface area (Å²) in [4.78, 5) is 19.5. The molecule has 0 bridgehead atoms. The van der Waals surface area contributed by atoms with Crippen LogP contribution < -0.4 is 5.32 Å². The van der Waals surface area contributed by atoms with Crippen LogP contribution in [0.25, 0.3) is 0 Å². The summed E-state index contributed by atoms with van der Waals surface area (Å²) in [6, 6.07) is 0.449. The van der Waals surface area contributed by atoms with Gasteiger partial charge in [0.1, 0.15) is 5.82 Å². The second kappa shape index (κ2) is 5.99. The van der Waals surface area contributed by atoms with Gasteiger partial charge >= 0.3 is 5.97 Å². The van der Waals surface area contributed by atoms with Crippen molar-refractivity contribution in [1.82, 2.24) is 9.97 Å². The molecule has 0 radical (unpaired) electrons. The molecule has 1 aromatic heterocycles. The number of nitrogens with one attached hydrogen (secondary N) is 1. The molecular weight excluding hydrogens is 242 g/mol. The molecule has 1 N–H and O–H groups in total. The van der Waals surface area contributed by atoms with Crippen molar-refractivity contribution < 1.29 is 9.53 Å². The summed E-state index contributed by atoms with van der Waals surface area (Å²) in [5, 5.41) is 3.39. The molecule has 0 aromatic carbocycles. The van der Waals surface area contributed by atoms with Crippen molar-refractivity contribution in [2.24, 2.45) is 11.8 Å². The number of nitrogens with zero attached hydrogens (tertiary/aromatic N) is 2. The highest BCUT2D eigenvalue weighted by molar-refractivity contribution is 5.86. The van der Waals surface area contributed by atoms with E-state index in [1.54, 1.807) is 6.20 Å². The minimum Gasteiger partial charge on any atom is -0.464 e. The van der Waals surface area contributed by atoms with Crippen LogP contribution in [0.4, 0.5) is 5.82 Å². The van der Waals surface area contributed by atoms with Gasteiger partial charge in [-0.05, 0) is 31.1 Å². The maximum absolute atomic E-state index is 11.2. The van der Waals surface area contributed by atoms with Crippen LogP contribution in [0.15, 0.2) is 12.4 Å². The molecule has 3 unspecified atom stereocenters. The molecule has 1 saturated carbocycles. The van der Waals surface area contributed by atoms with Crippen molar-refractivity contribution >= 4 is 11.8 Å². The normalized spacial score (nSPS) is 26.8. The Morgan fingerprint density at radius 1 is 1.26 bits per heavy atom. The number of ether oxygens (including phenoxy) is 1. The zero-order valence-corrected chi connectivity index (χ0v) is 11.7. The first-order valence-corrected chi connectivity index (χ1v) is 6.77. The van der Waals surface area contributed by atoms with Crippen LogP contribution in [-0.4, -0.2) is 29.1 Å². The Morgan fingerprint density at radius 2 is 2.05 bits per heavy atom. The molecule has 0 amide bonds. The molecule has 1 heterocycles. The summed E-state index contributed by atoms with van der Waals surface area (Å²) in [6.45, 7) is 4.61. The molecule has 1 fully saturated rings. The molecule has 19 heavy (non-hydrogen) atoms. The fourth-order valence-corrected chi connectivity index (χ4v) is 2.50. The van der Waals surface area contributed by atoms with Gasteiger partial charge in [-0.1, -0.05) is 13.8 Å². The van der Waals surface area contributed by atoms with E-state index in [4.69, 9.17) is 0 Å². The maximum atomic E-state index is 11.2. The van der Waals surface area contributed by atoms with E-state index in [1.807, 2.05) is 0 Å². The van der Waals surface area contributed by atoms with Gasteiger partial charge in [0.05, 0.1) is 19.5 Å².